The van der Waals surface area contributed by atoms with Gasteiger partial charge in [0.25, 0.3) is 0 Å². The van der Waals surface area contributed by atoms with Gasteiger partial charge in [-0.3, -0.25) is 4.79 Å². The Morgan fingerprint density at radius 2 is 1.80 bits per heavy atom. The lowest BCUT2D eigenvalue weighted by molar-refractivity contribution is -0.150. The summed E-state index contributed by atoms with van der Waals surface area (Å²) in [6.45, 7) is 9.45. The van der Waals surface area contributed by atoms with Crippen molar-refractivity contribution in [1.82, 2.24) is 9.21 Å². The van der Waals surface area contributed by atoms with Crippen LogP contribution in [0.3, 0.4) is 0 Å². The first-order chi connectivity index (χ1) is 9.23. The third-order valence-corrected chi connectivity index (χ3v) is 6.42. The van der Waals surface area contributed by atoms with Gasteiger partial charge in [0.15, 0.2) is 0 Å². The zero-order valence-corrected chi connectivity index (χ0v) is 13.7. The Kier molecular flexibility index (Phi) is 4.17. The van der Waals surface area contributed by atoms with Gasteiger partial charge in [0.1, 0.15) is 5.75 Å². The quantitative estimate of drug-likeness (QED) is 0.743. The molecular formula is C14H26N2O3S. The van der Waals surface area contributed by atoms with Crippen LogP contribution in [0, 0.1) is 11.3 Å². The van der Waals surface area contributed by atoms with Crippen molar-refractivity contribution in [1.29, 1.82) is 0 Å². The summed E-state index contributed by atoms with van der Waals surface area (Å²) in [6, 6.07) is 0.238. The summed E-state index contributed by atoms with van der Waals surface area (Å²) < 4.78 is 25.7. The lowest BCUT2D eigenvalue weighted by Gasteiger charge is -2.55. The van der Waals surface area contributed by atoms with Gasteiger partial charge in [0.05, 0.1) is 0 Å². The Bertz CT molecular complexity index is 479. The third kappa shape index (κ3) is 2.86. The van der Waals surface area contributed by atoms with Crippen molar-refractivity contribution >= 4 is 15.9 Å². The summed E-state index contributed by atoms with van der Waals surface area (Å²) in [5.41, 5.74) is 0.135. The van der Waals surface area contributed by atoms with Crippen LogP contribution in [-0.4, -0.2) is 55.0 Å². The molecule has 0 aromatic carbocycles. The van der Waals surface area contributed by atoms with E-state index in [1.54, 1.807) is 18.7 Å². The molecular weight excluding hydrogens is 276 g/mol. The number of nitrogens with zero attached hydrogens (tertiary/aromatic N) is 2. The van der Waals surface area contributed by atoms with Gasteiger partial charge < -0.3 is 4.90 Å². The van der Waals surface area contributed by atoms with Crippen LogP contribution in [0.15, 0.2) is 0 Å². The van der Waals surface area contributed by atoms with Crippen LogP contribution in [0.2, 0.25) is 0 Å². The summed E-state index contributed by atoms with van der Waals surface area (Å²) >= 11 is 0. The molecule has 20 heavy (non-hydrogen) atoms. The number of sulfonamides is 1. The summed E-state index contributed by atoms with van der Waals surface area (Å²) in [5, 5.41) is 0. The Hall–Kier alpha value is -0.620. The third-order valence-electron chi connectivity index (χ3n) is 4.51. The molecule has 1 heterocycles. The van der Waals surface area contributed by atoms with E-state index in [9.17, 15) is 13.2 Å². The number of rotatable bonds is 6. The van der Waals surface area contributed by atoms with Gasteiger partial charge in [0.2, 0.25) is 15.9 Å². The van der Waals surface area contributed by atoms with Crippen molar-refractivity contribution in [2.75, 3.05) is 25.4 Å². The fraction of sp³-hybridized carbons (Fsp3) is 0.929. The molecule has 6 heteroatoms. The molecule has 0 N–H and O–H groups in total. The molecule has 0 aromatic heterocycles. The van der Waals surface area contributed by atoms with Crippen LogP contribution in [0.25, 0.3) is 0 Å². The molecule has 2 rings (SSSR count). The zero-order chi connectivity index (χ0) is 15.1. The molecule has 1 saturated heterocycles. The van der Waals surface area contributed by atoms with Crippen LogP contribution in [0.5, 0.6) is 0 Å². The maximum atomic E-state index is 12.3. The second-order valence-electron chi connectivity index (χ2n) is 6.63. The van der Waals surface area contributed by atoms with E-state index in [1.165, 1.54) is 17.1 Å². The maximum Gasteiger partial charge on any atom is 0.239 e. The van der Waals surface area contributed by atoms with E-state index in [1.807, 2.05) is 0 Å². The van der Waals surface area contributed by atoms with Crippen molar-refractivity contribution < 1.29 is 13.2 Å². The summed E-state index contributed by atoms with van der Waals surface area (Å²) in [4.78, 5) is 14.1. The second kappa shape index (κ2) is 5.30. The minimum Gasteiger partial charge on any atom is -0.337 e. The average molecular weight is 302 g/mol. The van der Waals surface area contributed by atoms with E-state index in [4.69, 9.17) is 0 Å². The Morgan fingerprint density at radius 3 is 2.20 bits per heavy atom. The van der Waals surface area contributed by atoms with Crippen LogP contribution < -0.4 is 0 Å². The summed E-state index contributed by atoms with van der Waals surface area (Å²) in [5.74, 6) is -0.0273. The van der Waals surface area contributed by atoms with E-state index in [0.717, 1.165) is 0 Å². The highest BCUT2D eigenvalue weighted by atomic mass is 32.2. The van der Waals surface area contributed by atoms with Crippen molar-refractivity contribution in [2.24, 2.45) is 11.3 Å². The van der Waals surface area contributed by atoms with Gasteiger partial charge >= 0.3 is 0 Å². The van der Waals surface area contributed by atoms with Gasteiger partial charge in [-0.15, -0.1) is 0 Å². The summed E-state index contributed by atoms with van der Waals surface area (Å²) in [7, 11) is -3.47. The average Bonchev–Trinajstić information content (AvgIpc) is 3.10. The van der Waals surface area contributed by atoms with Crippen molar-refractivity contribution in [3.05, 3.63) is 0 Å². The highest BCUT2D eigenvalue weighted by molar-refractivity contribution is 7.89. The molecule has 2 aliphatic rings. The number of likely N-dealkylation sites (tertiary alicyclic amines) is 1. The molecule has 5 nitrogen and oxygen atoms in total. The molecule has 116 valence electrons. The van der Waals surface area contributed by atoms with Crippen LogP contribution in [-0.2, 0) is 14.8 Å². The molecule has 2 fully saturated rings. The monoisotopic (exact) mass is 302 g/mol. The number of amides is 1. The van der Waals surface area contributed by atoms with E-state index in [2.05, 4.69) is 13.8 Å². The maximum absolute atomic E-state index is 12.3. The lowest BCUT2D eigenvalue weighted by atomic mass is 9.72. The minimum atomic E-state index is -3.47. The molecule has 1 aliphatic heterocycles. The first-order valence-electron chi connectivity index (χ1n) is 7.50. The molecule has 0 radical (unpaired) electrons. The van der Waals surface area contributed by atoms with E-state index in [-0.39, 0.29) is 23.1 Å². The molecule has 1 unspecified atom stereocenters. The molecule has 1 amide bonds. The van der Waals surface area contributed by atoms with Crippen LogP contribution in [0.1, 0.15) is 40.5 Å². The molecule has 0 spiro atoms. The van der Waals surface area contributed by atoms with E-state index >= 15 is 0 Å². The molecule has 1 saturated carbocycles. The van der Waals surface area contributed by atoms with Crippen molar-refractivity contribution in [3.63, 3.8) is 0 Å². The van der Waals surface area contributed by atoms with Gasteiger partial charge in [-0.25, -0.2) is 12.7 Å². The van der Waals surface area contributed by atoms with Crippen molar-refractivity contribution in [3.8, 4) is 0 Å². The smallest absolute Gasteiger partial charge is 0.239 e. The molecule has 0 aromatic rings. The predicted octanol–water partition coefficient (Wildman–Crippen LogP) is 1.30. The standard InChI is InChI=1S/C14H26N2O3S/c1-5-15(6-2)20(18,19)9-12(17)16-10-14(3,4)13(16)11-7-8-11/h11,13H,5-10H2,1-4H3. The zero-order valence-electron chi connectivity index (χ0n) is 12.9. The Morgan fingerprint density at radius 1 is 1.25 bits per heavy atom. The SMILES string of the molecule is CCN(CC)S(=O)(=O)CC(=O)N1CC(C)(C)C1C1CC1. The molecule has 1 atom stereocenters. The second-order valence-corrected chi connectivity index (χ2v) is 8.60. The van der Waals surface area contributed by atoms with E-state index < -0.39 is 10.0 Å². The Balaban J connectivity index is 2.02. The predicted molar refractivity (Wildman–Crippen MR) is 78.7 cm³/mol. The highest BCUT2D eigenvalue weighted by Gasteiger charge is 2.54. The lowest BCUT2D eigenvalue weighted by Crippen LogP contribution is -2.65. The van der Waals surface area contributed by atoms with Gasteiger partial charge in [-0.05, 0) is 18.8 Å². The molecule has 1 aliphatic carbocycles. The number of hydrogen-bond acceptors (Lipinski definition) is 3. The Labute approximate surface area is 122 Å². The summed E-state index contributed by atoms with van der Waals surface area (Å²) in [6.07, 6.45) is 2.33. The van der Waals surface area contributed by atoms with Crippen molar-refractivity contribution in [2.45, 2.75) is 46.6 Å². The van der Waals surface area contributed by atoms with Crippen LogP contribution in [0.4, 0.5) is 0 Å². The van der Waals surface area contributed by atoms with Gasteiger partial charge in [-0.1, -0.05) is 27.7 Å². The van der Waals surface area contributed by atoms with Crippen LogP contribution >= 0.6 is 0 Å². The number of carbonyl (C=O) groups excluding carboxylic acids is 1. The highest BCUT2D eigenvalue weighted by Crippen LogP contribution is 2.50. The number of carbonyl (C=O) groups is 1. The van der Waals surface area contributed by atoms with E-state index in [0.29, 0.717) is 25.6 Å². The fourth-order valence-corrected chi connectivity index (χ4v) is 4.88. The fourth-order valence-electron chi connectivity index (χ4n) is 3.44. The normalized spacial score (nSPS) is 25.6. The largest absolute Gasteiger partial charge is 0.337 e. The van der Waals surface area contributed by atoms with Gasteiger partial charge in [-0.2, -0.15) is 0 Å². The topological polar surface area (TPSA) is 57.7 Å². The van der Waals surface area contributed by atoms with Gasteiger partial charge in [0, 0.05) is 31.1 Å². The molecule has 0 bridgehead atoms. The first kappa shape index (κ1) is 15.8. The number of hydrogen-bond donors (Lipinski definition) is 0. The first-order valence-corrected chi connectivity index (χ1v) is 9.11. The minimum absolute atomic E-state index is 0.135.